The first-order valence-corrected chi connectivity index (χ1v) is 4.61. The van der Waals surface area contributed by atoms with E-state index in [-0.39, 0.29) is 0 Å². The number of nitrogens with zero attached hydrogens (tertiary/aromatic N) is 1. The summed E-state index contributed by atoms with van der Waals surface area (Å²) in [5.41, 5.74) is 1.31. The van der Waals surface area contributed by atoms with Gasteiger partial charge in [-0.15, -0.1) is 0 Å². The number of ether oxygens (including phenoxy) is 1. The highest BCUT2D eigenvalue weighted by atomic mass is 16.5. The number of hydrogen-bond donors (Lipinski definition) is 1. The Morgan fingerprint density at radius 1 is 1.54 bits per heavy atom. The van der Waals surface area contributed by atoms with Gasteiger partial charge in [-0.3, -0.25) is 0 Å². The second-order valence-electron chi connectivity index (χ2n) is 3.32. The Balaban J connectivity index is 2.12. The lowest BCUT2D eigenvalue weighted by Crippen LogP contribution is -2.08. The standard InChI is InChI=1S/C10H14N2O/c1-13-10-3-2-8(7-12-10)9-4-5-11-6-9/h2-3,7,9,11H,4-6H2,1H3/t9-/m0/s1. The van der Waals surface area contributed by atoms with Gasteiger partial charge in [0.05, 0.1) is 7.11 Å². The first-order valence-electron chi connectivity index (χ1n) is 4.61. The molecule has 1 aliphatic heterocycles. The quantitative estimate of drug-likeness (QED) is 0.738. The summed E-state index contributed by atoms with van der Waals surface area (Å²) >= 11 is 0. The molecule has 0 amide bonds. The summed E-state index contributed by atoms with van der Waals surface area (Å²) in [6.07, 6.45) is 3.13. The Bertz CT molecular complexity index is 265. The Morgan fingerprint density at radius 2 is 2.46 bits per heavy atom. The molecule has 70 valence electrons. The van der Waals surface area contributed by atoms with Crippen molar-refractivity contribution in [2.24, 2.45) is 0 Å². The van der Waals surface area contributed by atoms with Gasteiger partial charge in [0, 0.05) is 18.8 Å². The van der Waals surface area contributed by atoms with Gasteiger partial charge in [-0.2, -0.15) is 0 Å². The number of rotatable bonds is 2. The highest BCUT2D eigenvalue weighted by Gasteiger charge is 2.16. The van der Waals surface area contributed by atoms with Crippen LogP contribution in [0.2, 0.25) is 0 Å². The molecule has 1 aromatic rings. The zero-order chi connectivity index (χ0) is 9.10. The predicted octanol–water partition coefficient (Wildman–Crippen LogP) is 1.17. The van der Waals surface area contributed by atoms with Gasteiger partial charge in [-0.05, 0) is 24.4 Å². The third-order valence-corrected chi connectivity index (χ3v) is 2.50. The molecule has 0 unspecified atom stereocenters. The van der Waals surface area contributed by atoms with Crippen LogP contribution in [0.15, 0.2) is 18.3 Å². The van der Waals surface area contributed by atoms with Crippen LogP contribution in [0.1, 0.15) is 17.9 Å². The molecule has 13 heavy (non-hydrogen) atoms. The van der Waals surface area contributed by atoms with Crippen LogP contribution in [-0.2, 0) is 0 Å². The van der Waals surface area contributed by atoms with Crippen molar-refractivity contribution >= 4 is 0 Å². The normalized spacial score (nSPS) is 21.8. The van der Waals surface area contributed by atoms with E-state index in [0.717, 1.165) is 13.1 Å². The second kappa shape index (κ2) is 3.75. The highest BCUT2D eigenvalue weighted by molar-refractivity contribution is 5.22. The number of nitrogens with one attached hydrogen (secondary N) is 1. The van der Waals surface area contributed by atoms with E-state index in [0.29, 0.717) is 11.8 Å². The molecule has 1 atom stereocenters. The summed E-state index contributed by atoms with van der Waals surface area (Å²) in [4.78, 5) is 4.19. The van der Waals surface area contributed by atoms with E-state index in [4.69, 9.17) is 4.74 Å². The number of hydrogen-bond acceptors (Lipinski definition) is 3. The molecule has 1 saturated heterocycles. The minimum absolute atomic E-state index is 0.637. The Kier molecular flexibility index (Phi) is 2.45. The van der Waals surface area contributed by atoms with Crippen LogP contribution < -0.4 is 10.1 Å². The van der Waals surface area contributed by atoms with E-state index in [1.807, 2.05) is 12.3 Å². The molecule has 3 nitrogen and oxygen atoms in total. The molecule has 1 N–H and O–H groups in total. The molecular formula is C10H14N2O. The van der Waals surface area contributed by atoms with E-state index >= 15 is 0 Å². The van der Waals surface area contributed by atoms with E-state index in [1.165, 1.54) is 12.0 Å². The van der Waals surface area contributed by atoms with Crippen molar-refractivity contribution in [2.75, 3.05) is 20.2 Å². The van der Waals surface area contributed by atoms with Gasteiger partial charge in [-0.1, -0.05) is 6.07 Å². The van der Waals surface area contributed by atoms with Gasteiger partial charge in [0.1, 0.15) is 0 Å². The SMILES string of the molecule is COc1ccc([C@H]2CCNC2)cn1. The predicted molar refractivity (Wildman–Crippen MR) is 51.0 cm³/mol. The largest absolute Gasteiger partial charge is 0.481 e. The molecule has 0 spiro atoms. The van der Waals surface area contributed by atoms with Gasteiger partial charge in [0.15, 0.2) is 0 Å². The molecule has 0 bridgehead atoms. The van der Waals surface area contributed by atoms with E-state index in [1.54, 1.807) is 7.11 Å². The lowest BCUT2D eigenvalue weighted by molar-refractivity contribution is 0.397. The smallest absolute Gasteiger partial charge is 0.212 e. The maximum atomic E-state index is 5.01. The fourth-order valence-electron chi connectivity index (χ4n) is 1.69. The van der Waals surface area contributed by atoms with Crippen LogP contribution in [0.5, 0.6) is 5.88 Å². The molecule has 0 aromatic carbocycles. The first kappa shape index (κ1) is 8.51. The number of aromatic nitrogens is 1. The Hall–Kier alpha value is -1.09. The summed E-state index contributed by atoms with van der Waals surface area (Å²) in [6, 6.07) is 4.02. The van der Waals surface area contributed by atoms with E-state index < -0.39 is 0 Å². The average Bonchev–Trinajstić information content (AvgIpc) is 2.71. The maximum Gasteiger partial charge on any atom is 0.212 e. The zero-order valence-electron chi connectivity index (χ0n) is 7.79. The van der Waals surface area contributed by atoms with Crippen LogP contribution in [0, 0.1) is 0 Å². The van der Waals surface area contributed by atoms with Crippen molar-refractivity contribution in [3.8, 4) is 5.88 Å². The molecule has 0 radical (unpaired) electrons. The van der Waals surface area contributed by atoms with Crippen LogP contribution in [0.25, 0.3) is 0 Å². The van der Waals surface area contributed by atoms with Gasteiger partial charge in [-0.25, -0.2) is 4.98 Å². The molecule has 2 heterocycles. The van der Waals surface area contributed by atoms with Crippen LogP contribution in [0.3, 0.4) is 0 Å². The average molecular weight is 178 g/mol. The summed E-state index contributed by atoms with van der Waals surface area (Å²) in [6.45, 7) is 2.20. The summed E-state index contributed by atoms with van der Waals surface area (Å²) in [7, 11) is 1.64. The summed E-state index contributed by atoms with van der Waals surface area (Å²) < 4.78 is 5.01. The van der Waals surface area contributed by atoms with Crippen molar-refractivity contribution < 1.29 is 4.74 Å². The number of pyridine rings is 1. The molecule has 2 rings (SSSR count). The van der Waals surface area contributed by atoms with Gasteiger partial charge < -0.3 is 10.1 Å². The molecule has 3 heteroatoms. The van der Waals surface area contributed by atoms with Crippen LogP contribution in [0.4, 0.5) is 0 Å². The second-order valence-corrected chi connectivity index (χ2v) is 3.32. The molecular weight excluding hydrogens is 164 g/mol. The minimum Gasteiger partial charge on any atom is -0.481 e. The zero-order valence-corrected chi connectivity index (χ0v) is 7.79. The van der Waals surface area contributed by atoms with Crippen molar-refractivity contribution in [2.45, 2.75) is 12.3 Å². The molecule has 1 aromatic heterocycles. The van der Waals surface area contributed by atoms with E-state index in [9.17, 15) is 0 Å². The van der Waals surface area contributed by atoms with E-state index in [2.05, 4.69) is 16.4 Å². The molecule has 1 fully saturated rings. The molecule has 0 saturated carbocycles. The summed E-state index contributed by atoms with van der Waals surface area (Å²) in [5.74, 6) is 1.33. The maximum absolute atomic E-state index is 5.01. The third-order valence-electron chi connectivity index (χ3n) is 2.50. The minimum atomic E-state index is 0.637. The lowest BCUT2D eigenvalue weighted by atomic mass is 10.0. The molecule has 1 aliphatic rings. The first-order chi connectivity index (χ1) is 6.40. The van der Waals surface area contributed by atoms with Gasteiger partial charge in [0.25, 0.3) is 0 Å². The Morgan fingerprint density at radius 3 is 3.00 bits per heavy atom. The van der Waals surface area contributed by atoms with Crippen LogP contribution >= 0.6 is 0 Å². The summed E-state index contributed by atoms with van der Waals surface area (Å²) in [5, 5.41) is 3.34. The lowest BCUT2D eigenvalue weighted by Gasteiger charge is -2.07. The fraction of sp³-hybridized carbons (Fsp3) is 0.500. The van der Waals surface area contributed by atoms with Gasteiger partial charge in [0.2, 0.25) is 5.88 Å². The molecule has 0 aliphatic carbocycles. The van der Waals surface area contributed by atoms with Crippen LogP contribution in [-0.4, -0.2) is 25.2 Å². The topological polar surface area (TPSA) is 34.1 Å². The highest BCUT2D eigenvalue weighted by Crippen LogP contribution is 2.22. The van der Waals surface area contributed by atoms with Crippen molar-refractivity contribution in [1.82, 2.24) is 10.3 Å². The van der Waals surface area contributed by atoms with Crippen molar-refractivity contribution in [3.05, 3.63) is 23.9 Å². The van der Waals surface area contributed by atoms with Crippen molar-refractivity contribution in [1.29, 1.82) is 0 Å². The number of methoxy groups -OCH3 is 1. The monoisotopic (exact) mass is 178 g/mol. The fourth-order valence-corrected chi connectivity index (χ4v) is 1.69. The Labute approximate surface area is 78.1 Å². The third kappa shape index (κ3) is 1.80. The van der Waals surface area contributed by atoms with Crippen molar-refractivity contribution in [3.63, 3.8) is 0 Å². The van der Waals surface area contributed by atoms with Gasteiger partial charge >= 0.3 is 0 Å².